The van der Waals surface area contributed by atoms with Gasteiger partial charge in [-0.2, -0.15) is 11.6 Å². The predicted molar refractivity (Wildman–Crippen MR) is 57.0 cm³/mol. The third-order valence-electron chi connectivity index (χ3n) is 3.20. The average molecular weight is 158 g/mol. The molecule has 2 aliphatic rings. The van der Waals surface area contributed by atoms with E-state index >= 15 is 0 Å². The van der Waals surface area contributed by atoms with Gasteiger partial charge in [0.25, 0.3) is 0 Å². The van der Waals surface area contributed by atoms with Gasteiger partial charge >= 0.3 is 0 Å². The van der Waals surface area contributed by atoms with Crippen molar-refractivity contribution in [2.24, 2.45) is 0 Å². The standard InChI is InChI=1S/C10H16B2/c1-2-6-11(5-1)9-10-12-7-3-4-8-12/h1-8H2. The van der Waals surface area contributed by atoms with E-state index in [1.165, 1.54) is 51.0 Å². The first kappa shape index (κ1) is 8.30. The summed E-state index contributed by atoms with van der Waals surface area (Å²) in [7, 11) is 0. The Morgan fingerprint density at radius 3 is 1.25 bits per heavy atom. The van der Waals surface area contributed by atoms with Crippen LogP contribution in [0.15, 0.2) is 0 Å². The molecule has 0 bridgehead atoms. The second-order valence-corrected chi connectivity index (χ2v) is 4.25. The van der Waals surface area contributed by atoms with E-state index in [1.807, 2.05) is 0 Å². The lowest BCUT2D eigenvalue weighted by atomic mass is 9.44. The lowest BCUT2D eigenvalue weighted by molar-refractivity contribution is 0.935. The van der Waals surface area contributed by atoms with Crippen molar-refractivity contribution < 1.29 is 0 Å². The maximum atomic E-state index is 3.47. The van der Waals surface area contributed by atoms with E-state index in [2.05, 4.69) is 11.6 Å². The molecule has 0 aromatic rings. The van der Waals surface area contributed by atoms with Crippen LogP contribution < -0.4 is 0 Å². The van der Waals surface area contributed by atoms with Crippen LogP contribution in [0.1, 0.15) is 25.7 Å². The molecule has 2 heteroatoms. The molecule has 2 rings (SSSR count). The number of hydrogen-bond acceptors (Lipinski definition) is 0. The second kappa shape index (κ2) is 4.08. The zero-order chi connectivity index (χ0) is 8.23. The molecule has 2 aliphatic heterocycles. The Hall–Kier alpha value is -0.310. The third kappa shape index (κ3) is 2.09. The summed E-state index contributed by atoms with van der Waals surface area (Å²) < 4.78 is 0. The summed E-state index contributed by atoms with van der Waals surface area (Å²) in [5.41, 5.74) is 0. The first-order chi connectivity index (χ1) is 5.95. The van der Waals surface area contributed by atoms with Crippen LogP contribution in [0.5, 0.6) is 0 Å². The van der Waals surface area contributed by atoms with Gasteiger partial charge in [0.2, 0.25) is 13.4 Å². The van der Waals surface area contributed by atoms with Gasteiger partial charge in [-0.3, -0.25) is 0 Å². The molecule has 2 heterocycles. The second-order valence-electron chi connectivity index (χ2n) is 4.25. The Morgan fingerprint density at radius 2 is 0.917 bits per heavy atom. The third-order valence-corrected chi connectivity index (χ3v) is 3.20. The SMILES string of the molecule is C(#CB1CCCC1)B1CCCC1. The monoisotopic (exact) mass is 158 g/mol. The highest BCUT2D eigenvalue weighted by molar-refractivity contribution is 6.74. The molecule has 0 N–H and O–H groups in total. The quantitative estimate of drug-likeness (QED) is 0.375. The summed E-state index contributed by atoms with van der Waals surface area (Å²) in [5.74, 6) is 6.95. The van der Waals surface area contributed by atoms with Crippen LogP contribution in [-0.2, 0) is 0 Å². The molecule has 2 saturated heterocycles. The summed E-state index contributed by atoms with van der Waals surface area (Å²) in [4.78, 5) is 0. The van der Waals surface area contributed by atoms with E-state index < -0.39 is 0 Å². The highest BCUT2D eigenvalue weighted by Gasteiger charge is 2.19. The van der Waals surface area contributed by atoms with Crippen LogP contribution in [-0.4, -0.2) is 13.4 Å². The van der Waals surface area contributed by atoms with Crippen molar-refractivity contribution in [2.75, 3.05) is 0 Å². The minimum atomic E-state index is 0.769. The van der Waals surface area contributed by atoms with E-state index in [9.17, 15) is 0 Å². The fourth-order valence-corrected chi connectivity index (χ4v) is 2.38. The lowest BCUT2D eigenvalue weighted by Gasteiger charge is -1.93. The zero-order valence-electron chi connectivity index (χ0n) is 7.81. The lowest BCUT2D eigenvalue weighted by Crippen LogP contribution is -2.07. The number of hydrogen-bond donors (Lipinski definition) is 0. The van der Waals surface area contributed by atoms with Crippen LogP contribution in [0.25, 0.3) is 0 Å². The van der Waals surface area contributed by atoms with E-state index in [0.29, 0.717) is 0 Å². The smallest absolute Gasteiger partial charge is 0.167 e. The Balaban J connectivity index is 1.81. The minimum Gasteiger partial charge on any atom is -0.167 e. The molecule has 0 aromatic carbocycles. The Bertz CT molecular complexity index is 170. The Kier molecular flexibility index (Phi) is 2.82. The first-order valence-electron chi connectivity index (χ1n) is 5.46. The van der Waals surface area contributed by atoms with Gasteiger partial charge in [0.1, 0.15) is 0 Å². The van der Waals surface area contributed by atoms with Gasteiger partial charge in [-0.15, -0.1) is 0 Å². The molecular weight excluding hydrogens is 142 g/mol. The van der Waals surface area contributed by atoms with Gasteiger partial charge in [0, 0.05) is 0 Å². The topological polar surface area (TPSA) is 0 Å². The van der Waals surface area contributed by atoms with Crippen molar-refractivity contribution in [1.29, 1.82) is 0 Å². The molecule has 0 saturated carbocycles. The highest BCUT2D eigenvalue weighted by atomic mass is 13.9. The molecule has 0 amide bonds. The molecule has 2 fully saturated rings. The Morgan fingerprint density at radius 1 is 0.583 bits per heavy atom. The summed E-state index contributed by atoms with van der Waals surface area (Å²) in [6, 6.07) is 0. The van der Waals surface area contributed by atoms with Crippen molar-refractivity contribution in [1.82, 2.24) is 0 Å². The van der Waals surface area contributed by atoms with Crippen molar-refractivity contribution in [2.45, 2.75) is 51.0 Å². The predicted octanol–water partition coefficient (Wildman–Crippen LogP) is 2.65. The summed E-state index contributed by atoms with van der Waals surface area (Å²) in [5, 5.41) is 0. The van der Waals surface area contributed by atoms with Crippen LogP contribution in [0, 0.1) is 11.6 Å². The van der Waals surface area contributed by atoms with E-state index in [0.717, 1.165) is 13.4 Å². The maximum Gasteiger partial charge on any atom is 0.229 e. The van der Waals surface area contributed by atoms with Crippen LogP contribution in [0.4, 0.5) is 0 Å². The largest absolute Gasteiger partial charge is 0.229 e. The van der Waals surface area contributed by atoms with Crippen molar-refractivity contribution in [3.05, 3.63) is 0 Å². The molecule has 12 heavy (non-hydrogen) atoms. The van der Waals surface area contributed by atoms with Gasteiger partial charge < -0.3 is 0 Å². The molecule has 0 spiro atoms. The van der Waals surface area contributed by atoms with Crippen molar-refractivity contribution in [3.8, 4) is 11.6 Å². The number of rotatable bonds is 0. The normalized spacial score (nSPS) is 22.7. The van der Waals surface area contributed by atoms with Crippen molar-refractivity contribution >= 4 is 13.4 Å². The molecule has 0 atom stereocenters. The molecule has 0 nitrogen and oxygen atoms in total. The molecule has 0 aromatic heterocycles. The van der Waals surface area contributed by atoms with Crippen LogP contribution in [0.2, 0.25) is 25.3 Å². The summed E-state index contributed by atoms with van der Waals surface area (Å²) in [6.45, 7) is 1.54. The molecule has 0 aliphatic carbocycles. The van der Waals surface area contributed by atoms with Gasteiger partial charge in [-0.05, 0) is 0 Å². The molecule has 0 unspecified atom stereocenters. The van der Waals surface area contributed by atoms with E-state index in [1.54, 1.807) is 0 Å². The molecular formula is C10H16B2. The zero-order valence-corrected chi connectivity index (χ0v) is 7.81. The fraction of sp³-hybridized carbons (Fsp3) is 0.800. The summed E-state index contributed by atoms with van der Waals surface area (Å²) in [6.07, 6.45) is 11.2. The average Bonchev–Trinajstić information content (AvgIpc) is 2.74. The van der Waals surface area contributed by atoms with Gasteiger partial charge in [-0.25, -0.2) is 0 Å². The highest BCUT2D eigenvalue weighted by Crippen LogP contribution is 2.20. The van der Waals surface area contributed by atoms with Crippen LogP contribution >= 0.6 is 0 Å². The Labute approximate surface area is 76.7 Å². The van der Waals surface area contributed by atoms with Crippen LogP contribution in [0.3, 0.4) is 0 Å². The maximum absolute atomic E-state index is 3.47. The molecule has 0 radical (unpaired) electrons. The molecule has 62 valence electrons. The van der Waals surface area contributed by atoms with E-state index in [4.69, 9.17) is 0 Å². The first-order valence-corrected chi connectivity index (χ1v) is 5.46. The van der Waals surface area contributed by atoms with Gasteiger partial charge in [0.15, 0.2) is 0 Å². The van der Waals surface area contributed by atoms with E-state index in [-0.39, 0.29) is 0 Å². The fourth-order valence-electron chi connectivity index (χ4n) is 2.38. The summed E-state index contributed by atoms with van der Waals surface area (Å²) >= 11 is 0. The van der Waals surface area contributed by atoms with Crippen molar-refractivity contribution in [3.63, 3.8) is 0 Å². The minimum absolute atomic E-state index is 0.769. The van der Waals surface area contributed by atoms with Gasteiger partial charge in [-0.1, -0.05) is 51.0 Å². The van der Waals surface area contributed by atoms with Gasteiger partial charge in [0.05, 0.1) is 0 Å².